The van der Waals surface area contributed by atoms with E-state index in [4.69, 9.17) is 12.6 Å². The van der Waals surface area contributed by atoms with Crippen molar-refractivity contribution < 1.29 is 4.68 Å². The Bertz CT molecular complexity index is 225. The lowest BCUT2D eigenvalue weighted by atomic mass is 10.3. The minimum atomic E-state index is 0.331. The fraction of sp³-hybridized carbons (Fsp3) is 0.833. The highest BCUT2D eigenvalue weighted by atomic mass is 32.1. The second-order valence-corrected chi connectivity index (χ2v) is 2.94. The molecule has 1 atom stereocenters. The quantitative estimate of drug-likeness (QED) is 0.464. The second-order valence-electron chi connectivity index (χ2n) is 2.57. The molecule has 0 fully saturated rings. The van der Waals surface area contributed by atoms with Crippen molar-refractivity contribution >= 4 is 12.6 Å². The van der Waals surface area contributed by atoms with Crippen LogP contribution in [-0.2, 0) is 19.7 Å². The van der Waals surface area contributed by atoms with Gasteiger partial charge in [-0.25, -0.2) is 0 Å². The van der Waals surface area contributed by atoms with Gasteiger partial charge in [-0.1, -0.05) is 6.92 Å². The summed E-state index contributed by atoms with van der Waals surface area (Å²) in [4.78, 5) is 1.66. The van der Waals surface area contributed by atoms with Crippen LogP contribution in [0.1, 0.15) is 26.3 Å². The van der Waals surface area contributed by atoms with Crippen molar-refractivity contribution in [2.45, 2.75) is 31.5 Å². The predicted octanol–water partition coefficient (Wildman–Crippen LogP) is -0.0206. The molecular formula is C6H12N4S. The lowest BCUT2D eigenvalue weighted by Crippen LogP contribution is -2.33. The molecule has 0 spiro atoms. The summed E-state index contributed by atoms with van der Waals surface area (Å²) in [7, 11) is 1.80. The Hall–Kier alpha value is -0.710. The van der Waals surface area contributed by atoms with E-state index in [0.29, 0.717) is 11.2 Å². The maximum Gasteiger partial charge on any atom is 0.181 e. The van der Waals surface area contributed by atoms with Gasteiger partial charge in [-0.15, -0.1) is 0 Å². The van der Waals surface area contributed by atoms with Crippen LogP contribution in [-0.4, -0.2) is 15.1 Å². The van der Waals surface area contributed by atoms with Crippen LogP contribution < -0.4 is 4.68 Å². The second kappa shape index (κ2) is 3.13. The number of nitrogens with zero attached hydrogens (tertiary/aromatic N) is 4. The highest BCUT2D eigenvalue weighted by Crippen LogP contribution is 2.03. The predicted molar refractivity (Wildman–Crippen MR) is 41.8 cm³/mol. The largest absolute Gasteiger partial charge is 0.701 e. The molecule has 0 amide bonds. The van der Waals surface area contributed by atoms with Gasteiger partial charge in [-0.2, -0.15) is 4.68 Å². The molecule has 0 saturated heterocycles. The lowest BCUT2D eigenvalue weighted by molar-refractivity contribution is -0.767. The highest BCUT2D eigenvalue weighted by molar-refractivity contribution is 7.58. The molecule has 1 rings (SSSR count). The summed E-state index contributed by atoms with van der Waals surface area (Å²) < 4.78 is 1.60. The Balaban J connectivity index is 2.88. The van der Waals surface area contributed by atoms with Crippen LogP contribution in [0.5, 0.6) is 0 Å². The minimum absolute atomic E-state index is 0.331. The van der Waals surface area contributed by atoms with E-state index >= 15 is 0 Å². The molecular weight excluding hydrogens is 160 g/mol. The summed E-state index contributed by atoms with van der Waals surface area (Å²) in [5.74, 6) is 0. The average molecular weight is 172 g/mol. The van der Waals surface area contributed by atoms with Crippen LogP contribution >= 0.6 is 0 Å². The Labute approximate surface area is 71.6 Å². The zero-order chi connectivity index (χ0) is 8.43. The smallest absolute Gasteiger partial charge is 0.181 e. The summed E-state index contributed by atoms with van der Waals surface area (Å²) in [5.41, 5.74) is 0. The average Bonchev–Trinajstić information content (AvgIpc) is 2.31. The Morgan fingerprint density at radius 2 is 2.36 bits per heavy atom. The molecule has 0 aromatic carbocycles. The molecule has 62 valence electrons. The molecule has 1 unspecified atom stereocenters. The van der Waals surface area contributed by atoms with Gasteiger partial charge in [-0.05, 0) is 18.1 Å². The van der Waals surface area contributed by atoms with Gasteiger partial charge in [0.1, 0.15) is 6.04 Å². The Morgan fingerprint density at radius 1 is 1.73 bits per heavy atom. The van der Waals surface area contributed by atoms with Crippen molar-refractivity contribution in [1.82, 2.24) is 15.1 Å². The summed E-state index contributed by atoms with van der Waals surface area (Å²) in [6.07, 6.45) is 1.02. The number of aromatic nitrogens is 4. The van der Waals surface area contributed by atoms with Crippen molar-refractivity contribution in [2.75, 3.05) is 0 Å². The minimum Gasteiger partial charge on any atom is -0.701 e. The number of tetrazole rings is 1. The third kappa shape index (κ3) is 1.65. The first-order valence-corrected chi connectivity index (χ1v) is 4.06. The van der Waals surface area contributed by atoms with E-state index in [0.717, 1.165) is 6.42 Å². The van der Waals surface area contributed by atoms with Crippen molar-refractivity contribution in [2.24, 2.45) is 7.05 Å². The molecule has 1 heterocycles. The fourth-order valence-electron chi connectivity index (χ4n) is 0.698. The molecule has 0 aliphatic rings. The van der Waals surface area contributed by atoms with E-state index in [1.165, 1.54) is 0 Å². The first kappa shape index (κ1) is 8.39. The van der Waals surface area contributed by atoms with Gasteiger partial charge in [0.05, 0.1) is 12.3 Å². The molecule has 1 aromatic rings. The number of hydrogen-bond acceptors (Lipinski definition) is 3. The Kier molecular flexibility index (Phi) is 2.38. The van der Waals surface area contributed by atoms with Crippen LogP contribution in [0.2, 0.25) is 0 Å². The van der Waals surface area contributed by atoms with E-state index in [-0.39, 0.29) is 0 Å². The molecule has 4 nitrogen and oxygen atoms in total. The van der Waals surface area contributed by atoms with Gasteiger partial charge in [0.25, 0.3) is 0 Å². The van der Waals surface area contributed by atoms with Crippen LogP contribution in [0.25, 0.3) is 0 Å². The van der Waals surface area contributed by atoms with Crippen LogP contribution in [0, 0.1) is 0 Å². The fourth-order valence-corrected chi connectivity index (χ4v) is 0.818. The normalized spacial score (nSPS) is 13.4. The highest BCUT2D eigenvalue weighted by Gasteiger charge is 2.12. The van der Waals surface area contributed by atoms with Crippen molar-refractivity contribution in [1.29, 1.82) is 0 Å². The number of hydrogen-bond donors (Lipinski definition) is 0. The molecule has 0 radical (unpaired) electrons. The summed E-state index contributed by atoms with van der Waals surface area (Å²) in [6, 6.07) is 0.331. The first-order chi connectivity index (χ1) is 5.15. The molecule has 0 N–H and O–H groups in total. The number of rotatable bonds is 2. The molecule has 1 aromatic heterocycles. The van der Waals surface area contributed by atoms with Crippen LogP contribution in [0.3, 0.4) is 0 Å². The monoisotopic (exact) mass is 172 g/mol. The van der Waals surface area contributed by atoms with Crippen molar-refractivity contribution in [3.8, 4) is 0 Å². The first-order valence-electron chi connectivity index (χ1n) is 3.65. The van der Waals surface area contributed by atoms with Gasteiger partial charge in [0, 0.05) is 5.10 Å². The third-order valence-corrected chi connectivity index (χ3v) is 2.02. The molecule has 11 heavy (non-hydrogen) atoms. The van der Waals surface area contributed by atoms with E-state index in [1.54, 1.807) is 16.5 Å². The third-order valence-electron chi connectivity index (χ3n) is 1.68. The zero-order valence-electron chi connectivity index (χ0n) is 6.98. The Morgan fingerprint density at radius 3 is 2.73 bits per heavy atom. The van der Waals surface area contributed by atoms with Crippen LogP contribution in [0.15, 0.2) is 5.16 Å². The van der Waals surface area contributed by atoms with Gasteiger partial charge in [0.15, 0.2) is 5.16 Å². The molecule has 0 saturated carbocycles. The maximum absolute atomic E-state index is 4.91. The van der Waals surface area contributed by atoms with E-state index in [1.807, 2.05) is 0 Å². The summed E-state index contributed by atoms with van der Waals surface area (Å²) in [5, 5.41) is 8.70. The molecule has 0 aliphatic heterocycles. The van der Waals surface area contributed by atoms with E-state index in [2.05, 4.69) is 24.2 Å². The molecule has 0 bridgehead atoms. The zero-order valence-corrected chi connectivity index (χ0v) is 7.80. The van der Waals surface area contributed by atoms with Gasteiger partial charge < -0.3 is 12.6 Å². The van der Waals surface area contributed by atoms with Gasteiger partial charge >= 0.3 is 0 Å². The van der Waals surface area contributed by atoms with Crippen LogP contribution in [0.4, 0.5) is 0 Å². The standard InChI is InChI=1S/C6H12N4S/c1-4-5(2)10-7-6(11)9(3)8-10/h5H,4H2,1-3H3. The van der Waals surface area contributed by atoms with Gasteiger partial charge in [-0.3, -0.25) is 0 Å². The lowest BCUT2D eigenvalue weighted by Gasteiger charge is -1.96. The number of aryl methyl sites for hydroxylation is 1. The van der Waals surface area contributed by atoms with E-state index in [9.17, 15) is 0 Å². The summed E-state index contributed by atoms with van der Waals surface area (Å²) in [6.45, 7) is 4.16. The van der Waals surface area contributed by atoms with E-state index < -0.39 is 0 Å². The SMILES string of the molecule is CCC(C)n1nc([S-])[n+](C)n1. The van der Waals surface area contributed by atoms with Crippen molar-refractivity contribution in [3.05, 3.63) is 0 Å². The summed E-state index contributed by atoms with van der Waals surface area (Å²) >= 11 is 4.91. The molecule has 5 heteroatoms. The van der Waals surface area contributed by atoms with Gasteiger partial charge in [0.2, 0.25) is 0 Å². The topological polar surface area (TPSA) is 34.6 Å². The van der Waals surface area contributed by atoms with Crippen molar-refractivity contribution in [3.63, 3.8) is 0 Å². The molecule has 0 aliphatic carbocycles. The maximum atomic E-state index is 4.91.